The molecule has 0 saturated carbocycles. The summed E-state index contributed by atoms with van der Waals surface area (Å²) >= 11 is 0. The van der Waals surface area contributed by atoms with Crippen LogP contribution in [-0.2, 0) is 6.54 Å². The second kappa shape index (κ2) is 3.28. The molecule has 0 saturated heterocycles. The van der Waals surface area contributed by atoms with Crippen molar-refractivity contribution in [2.75, 3.05) is 6.54 Å². The van der Waals surface area contributed by atoms with Crippen LogP contribution in [0.5, 0.6) is 0 Å². The Hall–Kier alpha value is -1.95. The van der Waals surface area contributed by atoms with E-state index in [0.717, 1.165) is 5.69 Å². The fraction of sp³-hybridized carbons (Fsp3) is 0.300. The summed E-state index contributed by atoms with van der Waals surface area (Å²) in [5, 5.41) is 6.77. The average Bonchev–Trinajstić information content (AvgIpc) is 2.84. The van der Waals surface area contributed by atoms with E-state index in [-0.39, 0.29) is 5.78 Å². The smallest absolute Gasteiger partial charge is 0.249 e. The number of aromatic nitrogens is 2. The standard InChI is InChI=1S/C10H9N3O3/c1-5-4-15-10(12-5)9-8-6(14)2-11-3-7(8)16-13-9/h4,11H,2-3H2,1H3. The number of carbonyl (C=O) groups excluding carboxylic acids is 1. The Morgan fingerprint density at radius 2 is 2.31 bits per heavy atom. The number of fused-ring (bicyclic) bond motifs is 1. The Morgan fingerprint density at radius 1 is 1.44 bits per heavy atom. The van der Waals surface area contributed by atoms with Crippen molar-refractivity contribution in [2.24, 2.45) is 0 Å². The van der Waals surface area contributed by atoms with Gasteiger partial charge in [-0.2, -0.15) is 0 Å². The van der Waals surface area contributed by atoms with E-state index in [4.69, 9.17) is 8.94 Å². The van der Waals surface area contributed by atoms with Gasteiger partial charge in [0.15, 0.2) is 17.2 Å². The molecule has 0 fully saturated rings. The van der Waals surface area contributed by atoms with E-state index in [9.17, 15) is 4.79 Å². The maximum atomic E-state index is 11.7. The number of nitrogens with zero attached hydrogens (tertiary/aromatic N) is 2. The third-order valence-electron chi connectivity index (χ3n) is 2.43. The quantitative estimate of drug-likeness (QED) is 0.768. The highest BCUT2D eigenvalue weighted by molar-refractivity contribution is 6.03. The molecule has 0 spiro atoms. The van der Waals surface area contributed by atoms with Gasteiger partial charge in [-0.15, -0.1) is 0 Å². The van der Waals surface area contributed by atoms with Gasteiger partial charge in [0.2, 0.25) is 5.89 Å². The van der Waals surface area contributed by atoms with Crippen LogP contribution in [-0.4, -0.2) is 22.5 Å². The number of rotatable bonds is 1. The van der Waals surface area contributed by atoms with Crippen molar-refractivity contribution < 1.29 is 13.7 Å². The van der Waals surface area contributed by atoms with Crippen LogP contribution >= 0.6 is 0 Å². The van der Waals surface area contributed by atoms with Crippen LogP contribution < -0.4 is 5.32 Å². The maximum absolute atomic E-state index is 11.7. The molecule has 0 radical (unpaired) electrons. The monoisotopic (exact) mass is 219 g/mol. The molecule has 6 nitrogen and oxygen atoms in total. The number of hydrogen-bond acceptors (Lipinski definition) is 6. The van der Waals surface area contributed by atoms with Crippen molar-refractivity contribution in [1.82, 2.24) is 15.5 Å². The molecule has 1 N–H and O–H groups in total. The van der Waals surface area contributed by atoms with Gasteiger partial charge in [-0.3, -0.25) is 4.79 Å². The topological polar surface area (TPSA) is 81.2 Å². The third-order valence-corrected chi connectivity index (χ3v) is 2.43. The Balaban J connectivity index is 2.15. The molecule has 2 aromatic heterocycles. The molecule has 82 valence electrons. The van der Waals surface area contributed by atoms with Gasteiger partial charge in [-0.1, -0.05) is 5.16 Å². The van der Waals surface area contributed by atoms with Crippen molar-refractivity contribution >= 4 is 5.78 Å². The van der Waals surface area contributed by atoms with E-state index in [2.05, 4.69) is 15.5 Å². The average molecular weight is 219 g/mol. The van der Waals surface area contributed by atoms with E-state index in [0.29, 0.717) is 36.0 Å². The molecule has 16 heavy (non-hydrogen) atoms. The number of hydrogen-bond donors (Lipinski definition) is 1. The van der Waals surface area contributed by atoms with Crippen molar-refractivity contribution in [1.29, 1.82) is 0 Å². The zero-order chi connectivity index (χ0) is 11.1. The van der Waals surface area contributed by atoms with Gasteiger partial charge in [0.25, 0.3) is 0 Å². The summed E-state index contributed by atoms with van der Waals surface area (Å²) in [4.78, 5) is 15.8. The largest absolute Gasteiger partial charge is 0.443 e. The second-order valence-corrected chi connectivity index (χ2v) is 3.65. The number of nitrogens with one attached hydrogen (secondary N) is 1. The van der Waals surface area contributed by atoms with E-state index >= 15 is 0 Å². The predicted octanol–water partition coefficient (Wildman–Crippen LogP) is 0.924. The first-order chi connectivity index (χ1) is 7.75. The number of Topliss-reactive ketones (excluding diaryl/α,β-unsaturated/α-hetero) is 1. The number of ketones is 1. The zero-order valence-corrected chi connectivity index (χ0v) is 8.61. The van der Waals surface area contributed by atoms with Crippen LogP contribution in [0.15, 0.2) is 15.2 Å². The van der Waals surface area contributed by atoms with Crippen LogP contribution in [0.4, 0.5) is 0 Å². The molecular formula is C10H9N3O3. The number of aryl methyl sites for hydroxylation is 1. The minimum absolute atomic E-state index is 0.0478. The van der Waals surface area contributed by atoms with E-state index in [1.807, 2.05) is 6.92 Å². The summed E-state index contributed by atoms with van der Waals surface area (Å²) in [6.45, 7) is 2.61. The third kappa shape index (κ3) is 1.27. The first-order valence-corrected chi connectivity index (χ1v) is 4.90. The van der Waals surface area contributed by atoms with E-state index in [1.165, 1.54) is 6.26 Å². The SMILES string of the molecule is Cc1coc(-c2noc3c2C(=O)CNC3)n1. The summed E-state index contributed by atoms with van der Waals surface area (Å²) < 4.78 is 10.3. The summed E-state index contributed by atoms with van der Waals surface area (Å²) in [5.74, 6) is 0.827. The van der Waals surface area contributed by atoms with Gasteiger partial charge in [0.1, 0.15) is 6.26 Å². The lowest BCUT2D eigenvalue weighted by atomic mass is 10.1. The highest BCUT2D eigenvalue weighted by Crippen LogP contribution is 2.26. The van der Waals surface area contributed by atoms with Crippen LogP contribution in [0.25, 0.3) is 11.6 Å². The van der Waals surface area contributed by atoms with Gasteiger partial charge < -0.3 is 14.3 Å². The summed E-state index contributed by atoms with van der Waals surface area (Å²) in [7, 11) is 0. The molecule has 0 aliphatic carbocycles. The maximum Gasteiger partial charge on any atom is 0.249 e. The second-order valence-electron chi connectivity index (χ2n) is 3.65. The first kappa shape index (κ1) is 9.29. The Morgan fingerprint density at radius 3 is 3.06 bits per heavy atom. The minimum atomic E-state index is -0.0478. The van der Waals surface area contributed by atoms with Gasteiger partial charge in [-0.25, -0.2) is 4.98 Å². The lowest BCUT2D eigenvalue weighted by Gasteiger charge is -2.08. The van der Waals surface area contributed by atoms with Crippen LogP contribution in [0.2, 0.25) is 0 Å². The molecule has 0 atom stereocenters. The number of carbonyl (C=O) groups is 1. The van der Waals surface area contributed by atoms with Crippen LogP contribution in [0, 0.1) is 6.92 Å². The predicted molar refractivity (Wildman–Crippen MR) is 52.8 cm³/mol. The molecule has 6 heteroatoms. The van der Waals surface area contributed by atoms with Crippen molar-refractivity contribution in [3.8, 4) is 11.6 Å². The zero-order valence-electron chi connectivity index (χ0n) is 8.61. The van der Waals surface area contributed by atoms with Crippen LogP contribution in [0.1, 0.15) is 21.8 Å². The van der Waals surface area contributed by atoms with Gasteiger partial charge in [-0.05, 0) is 6.92 Å². The first-order valence-electron chi connectivity index (χ1n) is 4.90. The fourth-order valence-corrected chi connectivity index (χ4v) is 1.72. The van der Waals surface area contributed by atoms with Crippen molar-refractivity contribution in [2.45, 2.75) is 13.5 Å². The summed E-state index contributed by atoms with van der Waals surface area (Å²) in [6.07, 6.45) is 1.52. The van der Waals surface area contributed by atoms with Crippen molar-refractivity contribution in [3.63, 3.8) is 0 Å². The minimum Gasteiger partial charge on any atom is -0.443 e. The molecule has 0 bridgehead atoms. The lowest BCUT2D eigenvalue weighted by Crippen LogP contribution is -2.29. The van der Waals surface area contributed by atoms with E-state index in [1.54, 1.807) is 0 Å². The molecule has 0 amide bonds. The fourth-order valence-electron chi connectivity index (χ4n) is 1.72. The summed E-state index contributed by atoms with van der Waals surface area (Å²) in [6, 6.07) is 0. The molecular weight excluding hydrogens is 210 g/mol. The summed E-state index contributed by atoms with van der Waals surface area (Å²) in [5.41, 5.74) is 1.63. The highest BCUT2D eigenvalue weighted by atomic mass is 16.5. The molecule has 0 unspecified atom stereocenters. The van der Waals surface area contributed by atoms with Gasteiger partial charge in [0, 0.05) is 0 Å². The molecule has 0 aromatic carbocycles. The molecule has 3 heterocycles. The van der Waals surface area contributed by atoms with E-state index < -0.39 is 0 Å². The Bertz CT molecular complexity index is 555. The molecule has 1 aliphatic heterocycles. The number of oxazole rings is 1. The van der Waals surface area contributed by atoms with Gasteiger partial charge in [0.05, 0.1) is 24.3 Å². The van der Waals surface area contributed by atoms with Crippen LogP contribution in [0.3, 0.4) is 0 Å². The Kier molecular flexibility index (Phi) is 1.90. The molecule has 1 aliphatic rings. The van der Waals surface area contributed by atoms with Crippen molar-refractivity contribution in [3.05, 3.63) is 23.3 Å². The molecule has 3 rings (SSSR count). The Labute approximate surface area is 90.6 Å². The normalized spacial score (nSPS) is 15.2. The van der Waals surface area contributed by atoms with Gasteiger partial charge >= 0.3 is 0 Å². The molecule has 2 aromatic rings. The lowest BCUT2D eigenvalue weighted by molar-refractivity contribution is 0.0978. The highest BCUT2D eigenvalue weighted by Gasteiger charge is 2.28.